The molecule has 0 atom stereocenters. The molecule has 2 N–H and O–H groups in total. The highest BCUT2D eigenvalue weighted by molar-refractivity contribution is 7.80. The summed E-state index contributed by atoms with van der Waals surface area (Å²) in [7, 11) is 0. The van der Waals surface area contributed by atoms with E-state index in [4.69, 9.17) is 40.2 Å². The maximum absolute atomic E-state index is 6.16. The number of halogens is 2. The predicted molar refractivity (Wildman–Crippen MR) is 104 cm³/mol. The van der Waals surface area contributed by atoms with Gasteiger partial charge in [-0.2, -0.15) is 5.10 Å². The molecular weight excluding hydrogens is 365 g/mol. The van der Waals surface area contributed by atoms with E-state index in [-0.39, 0.29) is 6.61 Å². The van der Waals surface area contributed by atoms with Crippen molar-refractivity contribution < 1.29 is 4.74 Å². The van der Waals surface area contributed by atoms with Gasteiger partial charge in [-0.25, -0.2) is 0 Å². The topological polar surface area (TPSA) is 45.7 Å². The van der Waals surface area contributed by atoms with Gasteiger partial charge in [0.15, 0.2) is 5.11 Å². The SMILES string of the molecule is CCNC(=S)N/N=C/c1ccccc1OCc1c(Cl)cccc1Cl. The minimum absolute atomic E-state index is 0.270. The van der Waals surface area contributed by atoms with Crippen molar-refractivity contribution >= 4 is 46.7 Å². The zero-order valence-electron chi connectivity index (χ0n) is 13.1. The van der Waals surface area contributed by atoms with Crippen molar-refractivity contribution in [3.63, 3.8) is 0 Å². The molecule has 126 valence electrons. The van der Waals surface area contributed by atoms with E-state index < -0.39 is 0 Å². The minimum atomic E-state index is 0.270. The Hall–Kier alpha value is -1.82. The molecule has 0 saturated heterocycles. The Labute approximate surface area is 156 Å². The molecule has 2 aromatic carbocycles. The number of nitrogens with one attached hydrogen (secondary N) is 2. The fraction of sp³-hybridized carbons (Fsp3) is 0.176. The van der Waals surface area contributed by atoms with E-state index in [1.165, 1.54) is 0 Å². The normalized spacial score (nSPS) is 10.6. The summed E-state index contributed by atoms with van der Waals surface area (Å²) in [4.78, 5) is 0. The third-order valence-electron chi connectivity index (χ3n) is 3.06. The van der Waals surface area contributed by atoms with Gasteiger partial charge in [-0.05, 0) is 43.4 Å². The Morgan fingerprint density at radius 3 is 2.58 bits per heavy atom. The number of hydrazone groups is 1. The lowest BCUT2D eigenvalue weighted by Crippen LogP contribution is -2.31. The third kappa shape index (κ3) is 5.37. The first-order valence-electron chi connectivity index (χ1n) is 7.33. The average molecular weight is 382 g/mol. The molecule has 4 nitrogen and oxygen atoms in total. The molecule has 0 aliphatic carbocycles. The quantitative estimate of drug-likeness (QED) is 0.442. The number of nitrogens with zero attached hydrogens (tertiary/aromatic N) is 1. The molecule has 2 rings (SSSR count). The molecule has 0 aliphatic rings. The van der Waals surface area contributed by atoms with Gasteiger partial charge in [0.05, 0.1) is 6.21 Å². The summed E-state index contributed by atoms with van der Waals surface area (Å²) >= 11 is 17.4. The number of hydrogen-bond acceptors (Lipinski definition) is 3. The summed E-state index contributed by atoms with van der Waals surface area (Å²) in [5, 5.41) is 8.67. The van der Waals surface area contributed by atoms with Crippen molar-refractivity contribution in [1.82, 2.24) is 10.7 Å². The number of para-hydroxylation sites is 1. The van der Waals surface area contributed by atoms with Gasteiger partial charge < -0.3 is 10.1 Å². The summed E-state index contributed by atoms with van der Waals surface area (Å²) in [5.41, 5.74) is 4.30. The monoisotopic (exact) mass is 381 g/mol. The zero-order chi connectivity index (χ0) is 17.4. The molecule has 0 amide bonds. The maximum Gasteiger partial charge on any atom is 0.186 e. The molecule has 0 fully saturated rings. The molecule has 0 bridgehead atoms. The average Bonchev–Trinajstić information content (AvgIpc) is 2.56. The number of ether oxygens (including phenoxy) is 1. The van der Waals surface area contributed by atoms with Crippen LogP contribution in [0.5, 0.6) is 5.75 Å². The molecule has 0 saturated carbocycles. The summed E-state index contributed by atoms with van der Waals surface area (Å²) in [6.07, 6.45) is 1.65. The van der Waals surface area contributed by atoms with E-state index >= 15 is 0 Å². The van der Waals surface area contributed by atoms with Crippen molar-refractivity contribution in [3.05, 3.63) is 63.6 Å². The van der Waals surface area contributed by atoms with Gasteiger partial charge >= 0.3 is 0 Å². The van der Waals surface area contributed by atoms with Gasteiger partial charge in [-0.3, -0.25) is 5.43 Å². The Bertz CT molecular complexity index is 717. The Morgan fingerprint density at radius 2 is 1.88 bits per heavy atom. The Morgan fingerprint density at radius 1 is 1.17 bits per heavy atom. The van der Waals surface area contributed by atoms with Gasteiger partial charge in [-0.1, -0.05) is 41.4 Å². The summed E-state index contributed by atoms with van der Waals surface area (Å²) in [6.45, 7) is 2.97. The van der Waals surface area contributed by atoms with Gasteiger partial charge in [0.1, 0.15) is 12.4 Å². The lowest BCUT2D eigenvalue weighted by Gasteiger charge is -2.11. The second-order valence-electron chi connectivity index (χ2n) is 4.76. The highest BCUT2D eigenvalue weighted by Gasteiger charge is 2.08. The van der Waals surface area contributed by atoms with Crippen LogP contribution in [0.1, 0.15) is 18.1 Å². The standard InChI is InChI=1S/C17H17Cl2N3OS/c1-2-20-17(24)22-21-10-12-6-3-4-9-16(12)23-11-13-14(18)7-5-8-15(13)19/h3-10H,2,11H2,1H3,(H2,20,22,24)/b21-10+. The van der Waals surface area contributed by atoms with E-state index in [2.05, 4.69) is 15.8 Å². The van der Waals surface area contributed by atoms with E-state index in [1.54, 1.807) is 24.4 Å². The highest BCUT2D eigenvalue weighted by Crippen LogP contribution is 2.26. The molecule has 0 heterocycles. The van der Waals surface area contributed by atoms with Crippen LogP contribution in [0, 0.1) is 0 Å². The summed E-state index contributed by atoms with van der Waals surface area (Å²) in [5.74, 6) is 0.674. The molecule has 0 aromatic heterocycles. The number of rotatable bonds is 6. The number of thiocarbonyl (C=S) groups is 1. The largest absolute Gasteiger partial charge is 0.488 e. The zero-order valence-corrected chi connectivity index (χ0v) is 15.4. The Kier molecular flexibility index (Phi) is 7.31. The van der Waals surface area contributed by atoms with Crippen LogP contribution < -0.4 is 15.5 Å². The van der Waals surface area contributed by atoms with Crippen LogP contribution in [0.15, 0.2) is 47.6 Å². The van der Waals surface area contributed by atoms with Crippen molar-refractivity contribution in [2.24, 2.45) is 5.10 Å². The predicted octanol–water partition coefficient (Wildman–Crippen LogP) is 4.39. The van der Waals surface area contributed by atoms with Crippen molar-refractivity contribution in [2.75, 3.05) is 6.54 Å². The first-order valence-corrected chi connectivity index (χ1v) is 8.50. The molecule has 7 heteroatoms. The van der Waals surface area contributed by atoms with Crippen LogP contribution in [0.4, 0.5) is 0 Å². The van der Waals surface area contributed by atoms with Crippen LogP contribution in [0.25, 0.3) is 0 Å². The second kappa shape index (κ2) is 9.47. The van der Waals surface area contributed by atoms with Gasteiger partial charge in [0, 0.05) is 27.7 Å². The Balaban J connectivity index is 2.06. The van der Waals surface area contributed by atoms with Crippen LogP contribution >= 0.6 is 35.4 Å². The molecule has 0 aliphatic heterocycles. The minimum Gasteiger partial charge on any atom is -0.488 e. The summed E-state index contributed by atoms with van der Waals surface area (Å²) in [6, 6.07) is 12.9. The van der Waals surface area contributed by atoms with Crippen LogP contribution in [-0.2, 0) is 6.61 Å². The third-order valence-corrected chi connectivity index (χ3v) is 4.00. The van der Waals surface area contributed by atoms with E-state index in [9.17, 15) is 0 Å². The van der Waals surface area contributed by atoms with Crippen LogP contribution in [-0.4, -0.2) is 17.9 Å². The molecule has 0 spiro atoms. The fourth-order valence-electron chi connectivity index (χ4n) is 1.90. The van der Waals surface area contributed by atoms with Crippen molar-refractivity contribution in [3.8, 4) is 5.75 Å². The van der Waals surface area contributed by atoms with Gasteiger partial charge in [0.2, 0.25) is 0 Å². The van der Waals surface area contributed by atoms with Gasteiger partial charge in [-0.15, -0.1) is 0 Å². The highest BCUT2D eigenvalue weighted by atomic mass is 35.5. The lowest BCUT2D eigenvalue weighted by atomic mass is 10.2. The van der Waals surface area contributed by atoms with Crippen molar-refractivity contribution in [2.45, 2.75) is 13.5 Å². The molecule has 24 heavy (non-hydrogen) atoms. The van der Waals surface area contributed by atoms with Gasteiger partial charge in [0.25, 0.3) is 0 Å². The number of hydrogen-bond donors (Lipinski definition) is 2. The first-order chi connectivity index (χ1) is 11.6. The smallest absolute Gasteiger partial charge is 0.186 e. The number of benzene rings is 2. The summed E-state index contributed by atoms with van der Waals surface area (Å²) < 4.78 is 5.85. The maximum atomic E-state index is 6.16. The lowest BCUT2D eigenvalue weighted by molar-refractivity contribution is 0.306. The van der Waals surface area contributed by atoms with Crippen LogP contribution in [0.3, 0.4) is 0 Å². The van der Waals surface area contributed by atoms with E-state index in [1.807, 2.05) is 31.2 Å². The molecular formula is C17H17Cl2N3OS. The van der Waals surface area contributed by atoms with E-state index in [0.717, 1.165) is 17.7 Å². The van der Waals surface area contributed by atoms with Crippen LogP contribution in [0.2, 0.25) is 10.0 Å². The van der Waals surface area contributed by atoms with Crippen molar-refractivity contribution in [1.29, 1.82) is 0 Å². The molecule has 2 aromatic rings. The first kappa shape index (κ1) is 18.5. The van der Waals surface area contributed by atoms with E-state index in [0.29, 0.717) is 20.9 Å². The molecule has 0 radical (unpaired) electrons. The molecule has 0 unspecified atom stereocenters. The fourth-order valence-corrected chi connectivity index (χ4v) is 2.60. The second-order valence-corrected chi connectivity index (χ2v) is 5.98.